The zero-order valence-electron chi connectivity index (χ0n) is 16.1. The van der Waals surface area contributed by atoms with E-state index in [1.54, 1.807) is 28.4 Å². The molecule has 1 heterocycles. The summed E-state index contributed by atoms with van der Waals surface area (Å²) >= 11 is 0. The van der Waals surface area contributed by atoms with Crippen LogP contribution in [0.4, 0.5) is 0 Å². The molecule has 0 aliphatic heterocycles. The number of hydrogen-bond acceptors (Lipinski definition) is 4. The highest BCUT2D eigenvalue weighted by atomic mass is 16.5. The molecule has 1 aromatic heterocycles. The molecule has 0 spiro atoms. The molecule has 0 N–H and O–H groups in total. The maximum Gasteiger partial charge on any atom is 0.220 e. The van der Waals surface area contributed by atoms with Crippen LogP contribution in [0.3, 0.4) is 0 Å². The Morgan fingerprint density at radius 3 is 1.96 bits per heavy atom. The monoisotopic (exact) mass is 364 g/mol. The van der Waals surface area contributed by atoms with Gasteiger partial charge in [-0.1, -0.05) is 6.07 Å². The Kier molecular flexibility index (Phi) is 4.15. The van der Waals surface area contributed by atoms with E-state index in [-0.39, 0.29) is 0 Å². The predicted octanol–water partition coefficient (Wildman–Crippen LogP) is 4.01. The highest BCUT2D eigenvalue weighted by Gasteiger charge is 2.20. The molecule has 4 aromatic rings. The number of benzene rings is 3. The number of nitrogens with zero attached hydrogens (tertiary/aromatic N) is 1. The minimum Gasteiger partial charge on any atom is -0.493 e. The zero-order chi connectivity index (χ0) is 19.1. The fourth-order valence-electron chi connectivity index (χ4n) is 3.80. The Hall–Kier alpha value is -3.21. The summed E-state index contributed by atoms with van der Waals surface area (Å²) < 4.78 is 24.2. The number of pyridine rings is 1. The summed E-state index contributed by atoms with van der Waals surface area (Å²) in [5.74, 6) is 2.89. The topological polar surface area (TPSA) is 40.8 Å². The van der Waals surface area contributed by atoms with Crippen molar-refractivity contribution in [2.24, 2.45) is 7.05 Å². The van der Waals surface area contributed by atoms with Crippen molar-refractivity contribution < 1.29 is 23.5 Å². The van der Waals surface area contributed by atoms with Crippen LogP contribution in [-0.4, -0.2) is 28.4 Å². The van der Waals surface area contributed by atoms with Crippen LogP contribution < -0.4 is 23.5 Å². The molecule has 3 aromatic carbocycles. The van der Waals surface area contributed by atoms with Crippen molar-refractivity contribution in [1.29, 1.82) is 0 Å². The summed E-state index contributed by atoms with van der Waals surface area (Å²) in [5, 5.41) is 5.44. The number of rotatable bonds is 4. The Morgan fingerprint density at radius 2 is 1.30 bits per heavy atom. The largest absolute Gasteiger partial charge is 0.493 e. The van der Waals surface area contributed by atoms with Crippen LogP contribution in [0, 0.1) is 0 Å². The first-order valence-electron chi connectivity index (χ1n) is 8.64. The third kappa shape index (κ3) is 2.50. The van der Waals surface area contributed by atoms with Gasteiger partial charge >= 0.3 is 0 Å². The van der Waals surface area contributed by atoms with Crippen LogP contribution in [0.25, 0.3) is 32.4 Å². The molecule has 0 bridgehead atoms. The molecule has 0 unspecified atom stereocenters. The van der Waals surface area contributed by atoms with Gasteiger partial charge in [0.2, 0.25) is 5.52 Å². The van der Waals surface area contributed by atoms with Crippen LogP contribution in [0.15, 0.2) is 42.6 Å². The van der Waals surface area contributed by atoms with E-state index in [2.05, 4.69) is 29.0 Å². The van der Waals surface area contributed by atoms with Gasteiger partial charge in [-0.15, -0.1) is 0 Å². The van der Waals surface area contributed by atoms with Gasteiger partial charge in [-0.05, 0) is 35.7 Å². The van der Waals surface area contributed by atoms with Gasteiger partial charge in [0, 0.05) is 5.39 Å². The summed E-state index contributed by atoms with van der Waals surface area (Å²) in [6.07, 6.45) is 2.08. The number of aryl methyl sites for hydroxylation is 1. The van der Waals surface area contributed by atoms with Crippen molar-refractivity contribution >= 4 is 32.4 Å². The van der Waals surface area contributed by atoms with E-state index in [1.807, 2.05) is 25.2 Å². The zero-order valence-corrected chi connectivity index (χ0v) is 16.1. The summed E-state index contributed by atoms with van der Waals surface area (Å²) in [7, 11) is 8.66. The van der Waals surface area contributed by atoms with E-state index in [9.17, 15) is 0 Å². The van der Waals surface area contributed by atoms with E-state index >= 15 is 0 Å². The number of ether oxygens (including phenoxy) is 4. The summed E-state index contributed by atoms with van der Waals surface area (Å²) in [6, 6.07) is 12.3. The lowest BCUT2D eigenvalue weighted by Gasteiger charge is -2.13. The molecule has 0 aliphatic carbocycles. The Bertz CT molecular complexity index is 1180. The molecule has 5 nitrogen and oxygen atoms in total. The van der Waals surface area contributed by atoms with Crippen molar-refractivity contribution in [3.8, 4) is 23.0 Å². The van der Waals surface area contributed by atoms with Gasteiger partial charge < -0.3 is 18.9 Å². The van der Waals surface area contributed by atoms with E-state index in [0.29, 0.717) is 5.75 Å². The number of aromatic nitrogens is 1. The molecule has 0 amide bonds. The van der Waals surface area contributed by atoms with Gasteiger partial charge in [-0.3, -0.25) is 0 Å². The molecule has 138 valence electrons. The Labute approximate surface area is 157 Å². The lowest BCUT2D eigenvalue weighted by molar-refractivity contribution is -0.642. The quantitative estimate of drug-likeness (QED) is 0.405. The standard InChI is InChI=1S/C22H22NO4/c1-23-12-17-14(8-9-18(24-2)22(17)27-5)15-7-6-13-10-19(25-3)20(26-4)11-16(13)21(15)23/h6-12H,1-5H3/q+1. The number of hydrogen-bond donors (Lipinski definition) is 0. The lowest BCUT2D eigenvalue weighted by Crippen LogP contribution is -2.28. The molecule has 0 saturated carbocycles. The SMILES string of the molecule is COc1cc2ccc3c4ccc(OC)c(OC)c4c[n+](C)c3c2cc1OC. The van der Waals surface area contributed by atoms with Crippen LogP contribution in [0.2, 0.25) is 0 Å². The second-order valence-corrected chi connectivity index (χ2v) is 6.39. The van der Waals surface area contributed by atoms with E-state index < -0.39 is 0 Å². The molecular formula is C22H22NO4+. The highest BCUT2D eigenvalue weighted by molar-refractivity contribution is 6.15. The average molecular weight is 364 g/mol. The molecule has 0 fully saturated rings. The van der Waals surface area contributed by atoms with Crippen LogP contribution in [-0.2, 0) is 7.05 Å². The molecule has 27 heavy (non-hydrogen) atoms. The Morgan fingerprint density at radius 1 is 0.630 bits per heavy atom. The first-order valence-corrected chi connectivity index (χ1v) is 8.64. The second kappa shape index (κ2) is 6.50. The summed E-state index contributed by atoms with van der Waals surface area (Å²) in [4.78, 5) is 0. The molecule has 0 saturated heterocycles. The fraction of sp³-hybridized carbons (Fsp3) is 0.227. The van der Waals surface area contributed by atoms with Crippen LogP contribution in [0.1, 0.15) is 0 Å². The average Bonchev–Trinajstić information content (AvgIpc) is 2.71. The maximum absolute atomic E-state index is 5.63. The lowest BCUT2D eigenvalue weighted by atomic mass is 10.00. The maximum atomic E-state index is 5.63. The first kappa shape index (κ1) is 17.2. The van der Waals surface area contributed by atoms with Gasteiger partial charge in [0.15, 0.2) is 29.2 Å². The molecule has 0 aliphatic rings. The van der Waals surface area contributed by atoms with Gasteiger partial charge in [0.1, 0.15) is 7.05 Å². The van der Waals surface area contributed by atoms with Crippen molar-refractivity contribution in [2.75, 3.05) is 28.4 Å². The van der Waals surface area contributed by atoms with Gasteiger partial charge in [0.25, 0.3) is 0 Å². The normalized spacial score (nSPS) is 11.1. The minimum absolute atomic E-state index is 0.713. The molecule has 4 rings (SSSR count). The van der Waals surface area contributed by atoms with E-state index in [1.165, 1.54) is 0 Å². The highest BCUT2D eigenvalue weighted by Crippen LogP contribution is 2.40. The van der Waals surface area contributed by atoms with Crippen molar-refractivity contribution in [3.05, 3.63) is 42.6 Å². The molecule has 5 heteroatoms. The fourth-order valence-corrected chi connectivity index (χ4v) is 3.80. The van der Waals surface area contributed by atoms with Crippen LogP contribution in [0.5, 0.6) is 23.0 Å². The summed E-state index contributed by atoms with van der Waals surface area (Å²) in [5.41, 5.74) is 1.12. The molecule has 0 atom stereocenters. The van der Waals surface area contributed by atoms with Crippen LogP contribution >= 0.6 is 0 Å². The third-order valence-corrected chi connectivity index (χ3v) is 5.05. The van der Waals surface area contributed by atoms with Gasteiger partial charge in [0.05, 0.1) is 44.6 Å². The van der Waals surface area contributed by atoms with Gasteiger partial charge in [-0.2, -0.15) is 4.57 Å². The summed E-state index contributed by atoms with van der Waals surface area (Å²) in [6.45, 7) is 0. The second-order valence-electron chi connectivity index (χ2n) is 6.39. The predicted molar refractivity (Wildman–Crippen MR) is 106 cm³/mol. The third-order valence-electron chi connectivity index (χ3n) is 5.05. The van der Waals surface area contributed by atoms with Crippen molar-refractivity contribution in [2.45, 2.75) is 0 Å². The number of methoxy groups -OCH3 is 4. The van der Waals surface area contributed by atoms with Gasteiger partial charge in [-0.25, -0.2) is 0 Å². The van der Waals surface area contributed by atoms with E-state index in [0.717, 1.165) is 49.7 Å². The molecular weight excluding hydrogens is 342 g/mol. The Balaban J connectivity index is 2.17. The first-order chi connectivity index (χ1) is 13.1. The van der Waals surface area contributed by atoms with Crippen molar-refractivity contribution in [3.63, 3.8) is 0 Å². The van der Waals surface area contributed by atoms with Crippen molar-refractivity contribution in [1.82, 2.24) is 0 Å². The van der Waals surface area contributed by atoms with E-state index in [4.69, 9.17) is 18.9 Å². The number of fused-ring (bicyclic) bond motifs is 5. The minimum atomic E-state index is 0.713. The smallest absolute Gasteiger partial charge is 0.220 e. The molecule has 0 radical (unpaired) electrons.